The van der Waals surface area contributed by atoms with Crippen LogP contribution in [0.25, 0.3) is 0 Å². The molecule has 0 saturated carbocycles. The standard InChI is InChI=1S/C13H24N4O3/c1-15(2)7-4-12(19)16(3)13(10-18)20-11-17-8-5-14-6-9-17/h14H,4-9,11H2,1-3H3. The SMILES string of the molecule is CN(C)CCC(=O)N(C)C(=C=O)OCN1CCNCC1. The topological polar surface area (TPSA) is 65.1 Å². The lowest BCUT2D eigenvalue weighted by Gasteiger charge is -2.28. The van der Waals surface area contributed by atoms with Crippen LogP contribution in [0.3, 0.4) is 0 Å². The number of hydrogen-bond acceptors (Lipinski definition) is 6. The summed E-state index contributed by atoms with van der Waals surface area (Å²) in [6, 6.07) is 0. The molecule has 7 nitrogen and oxygen atoms in total. The summed E-state index contributed by atoms with van der Waals surface area (Å²) >= 11 is 0. The fourth-order valence-electron chi connectivity index (χ4n) is 1.79. The van der Waals surface area contributed by atoms with Crippen molar-refractivity contribution >= 4 is 11.8 Å². The summed E-state index contributed by atoms with van der Waals surface area (Å²) in [6.07, 6.45) is 0.339. The predicted molar refractivity (Wildman–Crippen MR) is 75.5 cm³/mol. The first-order valence-corrected chi connectivity index (χ1v) is 6.77. The first-order chi connectivity index (χ1) is 9.54. The van der Waals surface area contributed by atoms with Crippen molar-refractivity contribution in [1.82, 2.24) is 20.0 Å². The third-order valence-corrected chi connectivity index (χ3v) is 3.13. The average Bonchev–Trinajstić information content (AvgIpc) is 2.46. The Kier molecular flexibility index (Phi) is 7.25. The number of carbonyl (C=O) groups excluding carboxylic acids is 2. The Labute approximate surface area is 120 Å². The molecule has 1 amide bonds. The van der Waals surface area contributed by atoms with Gasteiger partial charge in [0.15, 0.2) is 5.94 Å². The molecule has 0 aromatic heterocycles. The predicted octanol–water partition coefficient (Wildman–Crippen LogP) is -1.05. The maximum absolute atomic E-state index is 11.9. The molecule has 1 saturated heterocycles. The van der Waals surface area contributed by atoms with Gasteiger partial charge in [-0.15, -0.1) is 0 Å². The molecular weight excluding hydrogens is 260 g/mol. The van der Waals surface area contributed by atoms with E-state index in [1.165, 1.54) is 11.9 Å². The Morgan fingerprint density at radius 1 is 1.30 bits per heavy atom. The zero-order valence-electron chi connectivity index (χ0n) is 12.5. The highest BCUT2D eigenvalue weighted by Gasteiger charge is 2.17. The Morgan fingerprint density at radius 2 is 1.95 bits per heavy atom. The second kappa shape index (κ2) is 8.71. The molecule has 0 unspecified atom stereocenters. The number of piperazine rings is 1. The molecule has 0 aromatic carbocycles. The third kappa shape index (κ3) is 5.71. The number of carbonyl (C=O) groups is 1. The number of ether oxygens (including phenoxy) is 1. The van der Waals surface area contributed by atoms with Crippen molar-refractivity contribution in [3.05, 3.63) is 5.88 Å². The number of nitrogens with zero attached hydrogens (tertiary/aromatic N) is 3. The summed E-state index contributed by atoms with van der Waals surface area (Å²) in [5.74, 6) is 1.50. The number of amides is 1. The number of nitrogens with one attached hydrogen (secondary N) is 1. The maximum Gasteiger partial charge on any atom is 0.285 e. The van der Waals surface area contributed by atoms with Gasteiger partial charge in [0.2, 0.25) is 5.91 Å². The van der Waals surface area contributed by atoms with Gasteiger partial charge in [0, 0.05) is 46.2 Å². The van der Waals surface area contributed by atoms with Crippen molar-refractivity contribution in [3.8, 4) is 0 Å². The molecule has 0 radical (unpaired) electrons. The minimum atomic E-state index is -0.155. The highest BCUT2D eigenvalue weighted by molar-refractivity contribution is 5.79. The Morgan fingerprint density at radius 3 is 2.50 bits per heavy atom. The minimum absolute atomic E-state index is 0.0488. The molecule has 1 rings (SSSR count). The Bertz CT molecular complexity index is 361. The fraction of sp³-hybridized carbons (Fsp3) is 0.769. The van der Waals surface area contributed by atoms with Crippen LogP contribution in [0.4, 0.5) is 0 Å². The van der Waals surface area contributed by atoms with Crippen LogP contribution in [0.15, 0.2) is 5.88 Å². The molecule has 1 N–H and O–H groups in total. The third-order valence-electron chi connectivity index (χ3n) is 3.13. The van der Waals surface area contributed by atoms with E-state index in [1.54, 1.807) is 5.94 Å². The highest BCUT2D eigenvalue weighted by atomic mass is 16.5. The summed E-state index contributed by atoms with van der Waals surface area (Å²) in [7, 11) is 5.32. The van der Waals surface area contributed by atoms with Crippen LogP contribution < -0.4 is 5.32 Å². The van der Waals surface area contributed by atoms with Gasteiger partial charge in [0.1, 0.15) is 6.73 Å². The normalized spacial score (nSPS) is 15.8. The zero-order valence-corrected chi connectivity index (χ0v) is 12.5. The molecule has 0 spiro atoms. The highest BCUT2D eigenvalue weighted by Crippen LogP contribution is 2.04. The van der Waals surface area contributed by atoms with Gasteiger partial charge in [-0.3, -0.25) is 14.6 Å². The van der Waals surface area contributed by atoms with Crippen LogP contribution in [-0.2, 0) is 14.3 Å². The Hall–Kier alpha value is -1.40. The van der Waals surface area contributed by atoms with Gasteiger partial charge in [-0.25, -0.2) is 4.79 Å². The molecular formula is C13H24N4O3. The van der Waals surface area contributed by atoms with Gasteiger partial charge in [-0.05, 0) is 14.1 Å². The van der Waals surface area contributed by atoms with E-state index in [-0.39, 0.29) is 11.8 Å². The van der Waals surface area contributed by atoms with Crippen LogP contribution >= 0.6 is 0 Å². The van der Waals surface area contributed by atoms with Crippen LogP contribution in [-0.4, -0.2) is 87.1 Å². The van der Waals surface area contributed by atoms with E-state index in [1.807, 2.05) is 19.0 Å². The molecule has 1 aliphatic heterocycles. The molecule has 0 aromatic rings. The van der Waals surface area contributed by atoms with E-state index in [0.29, 0.717) is 19.7 Å². The van der Waals surface area contributed by atoms with Crippen LogP contribution in [0.1, 0.15) is 6.42 Å². The van der Waals surface area contributed by atoms with Crippen molar-refractivity contribution in [1.29, 1.82) is 0 Å². The second-order valence-corrected chi connectivity index (χ2v) is 5.05. The van der Waals surface area contributed by atoms with E-state index < -0.39 is 0 Å². The van der Waals surface area contributed by atoms with Crippen molar-refractivity contribution in [2.45, 2.75) is 6.42 Å². The summed E-state index contributed by atoms with van der Waals surface area (Å²) in [4.78, 5) is 28.1. The molecule has 1 fully saturated rings. The summed E-state index contributed by atoms with van der Waals surface area (Å²) in [5, 5.41) is 3.23. The molecule has 0 aliphatic carbocycles. The van der Waals surface area contributed by atoms with E-state index >= 15 is 0 Å². The quantitative estimate of drug-likeness (QED) is 0.475. The van der Waals surface area contributed by atoms with E-state index in [9.17, 15) is 9.59 Å². The molecule has 114 valence electrons. The maximum atomic E-state index is 11.9. The first-order valence-electron chi connectivity index (χ1n) is 6.77. The second-order valence-electron chi connectivity index (χ2n) is 5.05. The van der Waals surface area contributed by atoms with Crippen LogP contribution in [0.5, 0.6) is 0 Å². The average molecular weight is 284 g/mol. The lowest BCUT2D eigenvalue weighted by Crippen LogP contribution is -2.44. The van der Waals surface area contributed by atoms with Gasteiger partial charge in [0.05, 0.1) is 0 Å². The van der Waals surface area contributed by atoms with E-state index in [4.69, 9.17) is 4.74 Å². The molecule has 1 heterocycles. The van der Waals surface area contributed by atoms with Gasteiger partial charge in [-0.1, -0.05) is 0 Å². The number of rotatable bonds is 7. The summed E-state index contributed by atoms with van der Waals surface area (Å²) in [5.41, 5.74) is 0. The minimum Gasteiger partial charge on any atom is -0.455 e. The zero-order chi connectivity index (χ0) is 15.0. The van der Waals surface area contributed by atoms with Crippen LogP contribution in [0.2, 0.25) is 0 Å². The Balaban J connectivity index is 2.40. The largest absolute Gasteiger partial charge is 0.455 e. The molecule has 1 aliphatic rings. The smallest absolute Gasteiger partial charge is 0.285 e. The van der Waals surface area contributed by atoms with Crippen LogP contribution in [0, 0.1) is 0 Å². The molecule has 0 bridgehead atoms. The van der Waals surface area contributed by atoms with Crippen molar-refractivity contribution in [2.75, 3.05) is 60.6 Å². The fourth-order valence-corrected chi connectivity index (χ4v) is 1.79. The molecule has 20 heavy (non-hydrogen) atoms. The van der Waals surface area contributed by atoms with Gasteiger partial charge in [-0.2, -0.15) is 0 Å². The van der Waals surface area contributed by atoms with Gasteiger partial charge < -0.3 is 15.0 Å². The lowest BCUT2D eigenvalue weighted by molar-refractivity contribution is -0.131. The summed E-state index contributed by atoms with van der Waals surface area (Å²) < 4.78 is 5.40. The van der Waals surface area contributed by atoms with Gasteiger partial charge >= 0.3 is 0 Å². The molecule has 7 heteroatoms. The molecule has 0 atom stereocenters. The monoisotopic (exact) mass is 284 g/mol. The van der Waals surface area contributed by atoms with E-state index in [0.717, 1.165) is 26.2 Å². The van der Waals surface area contributed by atoms with Crippen molar-refractivity contribution in [2.24, 2.45) is 0 Å². The van der Waals surface area contributed by atoms with E-state index in [2.05, 4.69) is 10.2 Å². The van der Waals surface area contributed by atoms with Crippen molar-refractivity contribution in [3.63, 3.8) is 0 Å². The number of hydrogen-bond donors (Lipinski definition) is 1. The first kappa shape index (κ1) is 16.7. The summed E-state index contributed by atoms with van der Waals surface area (Å²) in [6.45, 7) is 4.47. The lowest BCUT2D eigenvalue weighted by atomic mass is 10.3. The van der Waals surface area contributed by atoms with Gasteiger partial charge in [0.25, 0.3) is 5.88 Å². The van der Waals surface area contributed by atoms with Crippen molar-refractivity contribution < 1.29 is 14.3 Å².